The Morgan fingerprint density at radius 3 is 2.57 bits per heavy atom. The predicted octanol–water partition coefficient (Wildman–Crippen LogP) is 3.16. The van der Waals surface area contributed by atoms with E-state index in [2.05, 4.69) is 4.90 Å². The number of carbonyl (C=O) groups excluding carboxylic acids is 1. The van der Waals surface area contributed by atoms with Crippen LogP contribution < -0.4 is 4.74 Å². The number of hydrogen-bond donors (Lipinski definition) is 2. The molecule has 160 valence electrons. The highest BCUT2D eigenvalue weighted by atomic mass is 16.5. The Hall–Kier alpha value is -2.73. The summed E-state index contributed by atoms with van der Waals surface area (Å²) in [5.41, 5.74) is 2.00. The minimum absolute atomic E-state index is 0.0172. The van der Waals surface area contributed by atoms with E-state index >= 15 is 0 Å². The minimum Gasteiger partial charge on any atom is -0.504 e. The van der Waals surface area contributed by atoms with Gasteiger partial charge in [0.15, 0.2) is 11.5 Å². The molecule has 0 aromatic heterocycles. The lowest BCUT2D eigenvalue weighted by Gasteiger charge is -2.39. The molecule has 0 radical (unpaired) electrons. The number of piperidine rings is 1. The number of nitrogens with zero attached hydrogens (tertiary/aromatic N) is 2. The Bertz CT molecular complexity index is 906. The van der Waals surface area contributed by atoms with Gasteiger partial charge in [-0.1, -0.05) is 24.3 Å². The second-order valence-electron chi connectivity index (χ2n) is 8.65. The summed E-state index contributed by atoms with van der Waals surface area (Å²) >= 11 is 0. The molecule has 0 bridgehead atoms. The van der Waals surface area contributed by atoms with Crippen LogP contribution in [0.4, 0.5) is 0 Å². The molecule has 2 heterocycles. The summed E-state index contributed by atoms with van der Waals surface area (Å²) in [7, 11) is 1.64. The van der Waals surface area contributed by atoms with Gasteiger partial charge in [0.05, 0.1) is 13.5 Å². The molecule has 1 spiro atoms. The monoisotopic (exact) mass is 410 g/mol. The van der Waals surface area contributed by atoms with E-state index in [0.717, 1.165) is 62.3 Å². The number of aromatic hydroxyl groups is 2. The van der Waals surface area contributed by atoms with Crippen LogP contribution in [0, 0.1) is 5.41 Å². The molecule has 6 heteroatoms. The van der Waals surface area contributed by atoms with E-state index in [1.54, 1.807) is 13.2 Å². The maximum atomic E-state index is 12.8. The zero-order valence-corrected chi connectivity index (χ0v) is 17.5. The SMILES string of the molecule is COc1cccc(CC(=O)N2CCC3(CCN(Cc4cccc(O)c4O)C3)CC2)c1. The molecule has 2 saturated heterocycles. The molecule has 0 aliphatic carbocycles. The fourth-order valence-corrected chi connectivity index (χ4v) is 4.82. The second-order valence-corrected chi connectivity index (χ2v) is 8.65. The Labute approximate surface area is 177 Å². The quantitative estimate of drug-likeness (QED) is 0.741. The van der Waals surface area contributed by atoms with E-state index < -0.39 is 0 Å². The van der Waals surface area contributed by atoms with Gasteiger partial charge < -0.3 is 19.8 Å². The lowest BCUT2D eigenvalue weighted by atomic mass is 9.77. The topological polar surface area (TPSA) is 73.2 Å². The summed E-state index contributed by atoms with van der Waals surface area (Å²) in [6.45, 7) is 4.19. The fourth-order valence-electron chi connectivity index (χ4n) is 4.82. The van der Waals surface area contributed by atoms with Gasteiger partial charge in [-0.25, -0.2) is 0 Å². The number of likely N-dealkylation sites (tertiary alicyclic amines) is 2. The first kappa shape index (κ1) is 20.5. The number of carbonyl (C=O) groups is 1. The van der Waals surface area contributed by atoms with Crippen molar-refractivity contribution in [1.29, 1.82) is 0 Å². The van der Waals surface area contributed by atoms with Gasteiger partial charge >= 0.3 is 0 Å². The highest BCUT2D eigenvalue weighted by molar-refractivity contribution is 5.79. The number of para-hydroxylation sites is 1. The molecular weight excluding hydrogens is 380 g/mol. The summed E-state index contributed by atoms with van der Waals surface area (Å²) in [6.07, 6.45) is 3.55. The highest BCUT2D eigenvalue weighted by Gasteiger charge is 2.41. The van der Waals surface area contributed by atoms with Crippen molar-refractivity contribution in [3.05, 3.63) is 53.6 Å². The van der Waals surface area contributed by atoms with Crippen LogP contribution in [0.15, 0.2) is 42.5 Å². The fraction of sp³-hybridized carbons (Fsp3) is 0.458. The van der Waals surface area contributed by atoms with E-state index in [1.165, 1.54) is 6.07 Å². The molecule has 2 aliphatic heterocycles. The molecule has 4 rings (SSSR count). The van der Waals surface area contributed by atoms with Gasteiger partial charge in [-0.2, -0.15) is 0 Å². The van der Waals surface area contributed by atoms with Crippen molar-refractivity contribution in [3.63, 3.8) is 0 Å². The standard InChI is InChI=1S/C24H30N2O4/c1-30-20-6-2-4-18(14-20)15-22(28)26-12-9-24(10-13-26)8-11-25(17-24)16-19-5-3-7-21(27)23(19)29/h2-7,14,27,29H,8-13,15-17H2,1H3. The van der Waals surface area contributed by atoms with E-state index in [9.17, 15) is 15.0 Å². The molecule has 30 heavy (non-hydrogen) atoms. The van der Waals surface area contributed by atoms with Crippen LogP contribution in [0.3, 0.4) is 0 Å². The number of rotatable bonds is 5. The number of amides is 1. The molecule has 2 aliphatic rings. The van der Waals surface area contributed by atoms with Crippen LogP contribution >= 0.6 is 0 Å². The molecule has 2 fully saturated rings. The van der Waals surface area contributed by atoms with Gasteiger partial charge in [-0.3, -0.25) is 9.69 Å². The van der Waals surface area contributed by atoms with Crippen molar-refractivity contribution in [3.8, 4) is 17.2 Å². The molecule has 0 unspecified atom stereocenters. The number of hydrogen-bond acceptors (Lipinski definition) is 5. The Morgan fingerprint density at radius 2 is 1.80 bits per heavy atom. The van der Waals surface area contributed by atoms with E-state index in [0.29, 0.717) is 13.0 Å². The van der Waals surface area contributed by atoms with Crippen molar-refractivity contribution < 1.29 is 19.7 Å². The van der Waals surface area contributed by atoms with Crippen molar-refractivity contribution in [2.75, 3.05) is 33.3 Å². The average Bonchev–Trinajstić information content (AvgIpc) is 3.14. The van der Waals surface area contributed by atoms with Gasteiger partial charge in [0.1, 0.15) is 5.75 Å². The van der Waals surface area contributed by atoms with Gasteiger partial charge in [-0.05, 0) is 55.0 Å². The largest absolute Gasteiger partial charge is 0.504 e. The maximum absolute atomic E-state index is 12.8. The van der Waals surface area contributed by atoms with Crippen LogP contribution in [0.1, 0.15) is 30.4 Å². The van der Waals surface area contributed by atoms with Crippen LogP contribution in [-0.2, 0) is 17.8 Å². The highest BCUT2D eigenvalue weighted by Crippen LogP contribution is 2.41. The van der Waals surface area contributed by atoms with Gasteiger partial charge in [0.25, 0.3) is 0 Å². The lowest BCUT2D eigenvalue weighted by molar-refractivity contribution is -0.132. The van der Waals surface area contributed by atoms with Crippen molar-refractivity contribution in [2.24, 2.45) is 5.41 Å². The molecule has 6 nitrogen and oxygen atoms in total. The number of phenols is 2. The molecule has 0 saturated carbocycles. The smallest absolute Gasteiger partial charge is 0.226 e. The maximum Gasteiger partial charge on any atom is 0.226 e. The molecular formula is C24H30N2O4. The summed E-state index contributed by atoms with van der Waals surface area (Å²) in [5.74, 6) is 0.875. The zero-order chi connectivity index (χ0) is 21.1. The average molecular weight is 411 g/mol. The van der Waals surface area contributed by atoms with Crippen LogP contribution in [0.2, 0.25) is 0 Å². The number of phenolic OH excluding ortho intramolecular Hbond substituents is 2. The summed E-state index contributed by atoms with van der Waals surface area (Å²) in [4.78, 5) is 17.1. The first-order chi connectivity index (χ1) is 14.5. The van der Waals surface area contributed by atoms with E-state index in [1.807, 2.05) is 35.2 Å². The van der Waals surface area contributed by atoms with Crippen molar-refractivity contribution in [1.82, 2.24) is 9.80 Å². The molecule has 2 aromatic carbocycles. The molecule has 2 N–H and O–H groups in total. The number of benzene rings is 2. The van der Waals surface area contributed by atoms with Crippen LogP contribution in [-0.4, -0.2) is 59.2 Å². The third-order valence-electron chi connectivity index (χ3n) is 6.68. The van der Waals surface area contributed by atoms with Crippen molar-refractivity contribution in [2.45, 2.75) is 32.2 Å². The molecule has 0 atom stereocenters. The van der Waals surface area contributed by atoms with Crippen molar-refractivity contribution >= 4 is 5.91 Å². The van der Waals surface area contributed by atoms with Crippen LogP contribution in [0.25, 0.3) is 0 Å². The Kier molecular flexibility index (Phi) is 5.86. The Morgan fingerprint density at radius 1 is 1.07 bits per heavy atom. The summed E-state index contributed by atoms with van der Waals surface area (Å²) in [6, 6.07) is 12.8. The van der Waals surface area contributed by atoms with Gasteiger partial charge in [0, 0.05) is 31.7 Å². The van der Waals surface area contributed by atoms with Crippen LogP contribution in [0.5, 0.6) is 17.2 Å². The first-order valence-electron chi connectivity index (χ1n) is 10.6. The molecule has 1 amide bonds. The van der Waals surface area contributed by atoms with E-state index in [4.69, 9.17) is 4.74 Å². The predicted molar refractivity (Wildman–Crippen MR) is 115 cm³/mol. The van der Waals surface area contributed by atoms with E-state index in [-0.39, 0.29) is 22.8 Å². The zero-order valence-electron chi connectivity index (χ0n) is 17.5. The molecule has 2 aromatic rings. The summed E-state index contributed by atoms with van der Waals surface area (Å²) < 4.78 is 5.25. The second kappa shape index (κ2) is 8.56. The Balaban J connectivity index is 1.30. The first-order valence-corrected chi connectivity index (χ1v) is 10.6. The summed E-state index contributed by atoms with van der Waals surface area (Å²) in [5, 5.41) is 19.8. The van der Waals surface area contributed by atoms with Gasteiger partial charge in [0.2, 0.25) is 5.91 Å². The number of ether oxygens (including phenoxy) is 1. The minimum atomic E-state index is -0.0655. The lowest BCUT2D eigenvalue weighted by Crippen LogP contribution is -2.44. The third kappa shape index (κ3) is 4.38. The number of methoxy groups -OCH3 is 1. The third-order valence-corrected chi connectivity index (χ3v) is 6.68. The van der Waals surface area contributed by atoms with Gasteiger partial charge in [-0.15, -0.1) is 0 Å². The normalized spacial score (nSPS) is 18.6.